The number of nitrogens with zero attached hydrogens (tertiary/aromatic N) is 2. The summed E-state index contributed by atoms with van der Waals surface area (Å²) < 4.78 is 7.00. The molecule has 0 atom stereocenters. The van der Waals surface area contributed by atoms with Crippen LogP contribution in [0.2, 0.25) is 0 Å². The highest BCUT2D eigenvalue weighted by Gasteiger charge is 2.14. The van der Waals surface area contributed by atoms with Crippen LogP contribution in [0.5, 0.6) is 0 Å². The van der Waals surface area contributed by atoms with E-state index in [-0.39, 0.29) is 10.5 Å². The molecule has 2 rings (SSSR count). The fourth-order valence-electron chi connectivity index (χ4n) is 1.61. The second kappa shape index (κ2) is 4.64. The lowest BCUT2D eigenvalue weighted by atomic mass is 10.2. The SMILES string of the molecule is CCOCn1cc(C(N)=S)c2c(=O)[nH]cnc21. The number of hydrogen-bond donors (Lipinski definition) is 2. The lowest BCUT2D eigenvalue weighted by molar-refractivity contribution is 0.0905. The molecule has 0 aromatic carbocycles. The van der Waals surface area contributed by atoms with Crippen LogP contribution in [-0.2, 0) is 11.5 Å². The van der Waals surface area contributed by atoms with Crippen LogP contribution >= 0.6 is 12.2 Å². The van der Waals surface area contributed by atoms with Crippen LogP contribution in [0.15, 0.2) is 17.3 Å². The largest absolute Gasteiger partial charge is 0.389 e. The van der Waals surface area contributed by atoms with E-state index in [1.165, 1.54) is 6.33 Å². The Morgan fingerprint density at radius 1 is 1.71 bits per heavy atom. The summed E-state index contributed by atoms with van der Waals surface area (Å²) in [5.74, 6) is 0. The Bertz CT molecular complexity index is 616. The van der Waals surface area contributed by atoms with Crippen molar-refractivity contribution in [2.75, 3.05) is 6.61 Å². The van der Waals surface area contributed by atoms with Gasteiger partial charge in [-0.25, -0.2) is 4.98 Å². The highest BCUT2D eigenvalue weighted by Crippen LogP contribution is 2.15. The van der Waals surface area contributed by atoms with Crippen molar-refractivity contribution in [1.82, 2.24) is 14.5 Å². The van der Waals surface area contributed by atoms with Crippen molar-refractivity contribution in [2.45, 2.75) is 13.7 Å². The molecule has 2 aromatic rings. The van der Waals surface area contributed by atoms with E-state index < -0.39 is 0 Å². The zero-order valence-electron chi connectivity index (χ0n) is 9.27. The number of fused-ring (bicyclic) bond motifs is 1. The van der Waals surface area contributed by atoms with Crippen molar-refractivity contribution < 1.29 is 4.74 Å². The summed E-state index contributed by atoms with van der Waals surface area (Å²) in [5.41, 5.74) is 6.37. The number of aromatic amines is 1. The molecule has 0 aliphatic heterocycles. The fraction of sp³-hybridized carbons (Fsp3) is 0.300. The highest BCUT2D eigenvalue weighted by atomic mass is 32.1. The Labute approximate surface area is 102 Å². The molecule has 3 N–H and O–H groups in total. The maximum absolute atomic E-state index is 11.7. The summed E-state index contributed by atoms with van der Waals surface area (Å²) >= 11 is 4.92. The van der Waals surface area contributed by atoms with Gasteiger partial charge in [0.25, 0.3) is 5.56 Å². The lowest BCUT2D eigenvalue weighted by Gasteiger charge is -2.02. The molecular weight excluding hydrogens is 240 g/mol. The molecule has 6 nitrogen and oxygen atoms in total. The lowest BCUT2D eigenvalue weighted by Crippen LogP contribution is -2.13. The first-order valence-electron chi connectivity index (χ1n) is 5.09. The van der Waals surface area contributed by atoms with Gasteiger partial charge in [-0.3, -0.25) is 4.79 Å². The van der Waals surface area contributed by atoms with Gasteiger partial charge in [0.15, 0.2) is 0 Å². The first-order valence-corrected chi connectivity index (χ1v) is 5.50. The van der Waals surface area contributed by atoms with Crippen molar-refractivity contribution in [3.8, 4) is 0 Å². The third kappa shape index (κ3) is 2.06. The van der Waals surface area contributed by atoms with Crippen LogP contribution in [0.25, 0.3) is 11.0 Å². The molecule has 7 heteroatoms. The average Bonchev–Trinajstić information content (AvgIpc) is 2.67. The van der Waals surface area contributed by atoms with Crippen LogP contribution in [0, 0.1) is 0 Å². The summed E-state index contributed by atoms with van der Waals surface area (Å²) in [4.78, 5) is 18.5. The molecule has 2 heterocycles. The second-order valence-corrected chi connectivity index (χ2v) is 3.87. The molecule has 90 valence electrons. The van der Waals surface area contributed by atoms with Crippen LogP contribution < -0.4 is 11.3 Å². The Morgan fingerprint density at radius 2 is 2.47 bits per heavy atom. The third-order valence-corrected chi connectivity index (χ3v) is 2.58. The molecule has 2 aromatic heterocycles. The van der Waals surface area contributed by atoms with Gasteiger partial charge in [0.2, 0.25) is 0 Å². The highest BCUT2D eigenvalue weighted by molar-refractivity contribution is 7.80. The number of thiocarbonyl (C=S) groups is 1. The number of rotatable bonds is 4. The minimum Gasteiger partial charge on any atom is -0.389 e. The number of hydrogen-bond acceptors (Lipinski definition) is 4. The first kappa shape index (κ1) is 11.7. The number of nitrogens with one attached hydrogen (secondary N) is 1. The van der Waals surface area contributed by atoms with Gasteiger partial charge in [-0.1, -0.05) is 12.2 Å². The number of H-pyrrole nitrogens is 1. The van der Waals surface area contributed by atoms with Crippen LogP contribution in [0.4, 0.5) is 0 Å². The van der Waals surface area contributed by atoms with Gasteiger partial charge in [-0.2, -0.15) is 0 Å². The molecule has 0 saturated heterocycles. The number of aromatic nitrogens is 3. The molecule has 0 bridgehead atoms. The first-order chi connectivity index (χ1) is 8.15. The maximum atomic E-state index is 11.7. The van der Waals surface area contributed by atoms with E-state index in [0.717, 1.165) is 0 Å². The molecular formula is C10H12N4O2S. The van der Waals surface area contributed by atoms with Gasteiger partial charge in [-0.05, 0) is 6.92 Å². The zero-order chi connectivity index (χ0) is 12.4. The molecule has 0 unspecified atom stereocenters. The Morgan fingerprint density at radius 3 is 3.12 bits per heavy atom. The molecule has 0 amide bonds. The van der Waals surface area contributed by atoms with Crippen LogP contribution in [-0.4, -0.2) is 26.1 Å². The van der Waals surface area contributed by atoms with Gasteiger partial charge < -0.3 is 20.0 Å². The molecule has 0 aliphatic carbocycles. The smallest absolute Gasteiger partial charge is 0.260 e. The number of nitrogens with two attached hydrogens (primary N) is 1. The average molecular weight is 252 g/mol. The summed E-state index contributed by atoms with van der Waals surface area (Å²) in [6, 6.07) is 0. The van der Waals surface area contributed by atoms with E-state index >= 15 is 0 Å². The summed E-state index contributed by atoms with van der Waals surface area (Å²) in [6.45, 7) is 2.78. The van der Waals surface area contributed by atoms with Crippen molar-refractivity contribution in [2.24, 2.45) is 5.73 Å². The summed E-state index contributed by atoms with van der Waals surface area (Å²) in [7, 11) is 0. The monoisotopic (exact) mass is 252 g/mol. The standard InChI is InChI=1S/C10H12N4O2S/c1-2-16-5-14-3-6(8(11)17)7-9(14)12-4-13-10(7)15/h3-4H,2,5H2,1H3,(H2,11,17)(H,12,13,15). The Kier molecular flexibility index (Phi) is 3.21. The van der Waals surface area contributed by atoms with E-state index in [1.54, 1.807) is 10.8 Å². The van der Waals surface area contributed by atoms with Gasteiger partial charge >= 0.3 is 0 Å². The normalized spacial score (nSPS) is 10.9. The van der Waals surface area contributed by atoms with E-state index in [1.807, 2.05) is 6.92 Å². The Hall–Kier alpha value is -1.73. The molecule has 0 spiro atoms. The van der Waals surface area contributed by atoms with E-state index in [0.29, 0.717) is 29.9 Å². The van der Waals surface area contributed by atoms with Gasteiger partial charge in [0.05, 0.1) is 11.7 Å². The minimum absolute atomic E-state index is 0.170. The van der Waals surface area contributed by atoms with Crippen molar-refractivity contribution in [3.63, 3.8) is 0 Å². The number of ether oxygens (including phenoxy) is 1. The van der Waals surface area contributed by atoms with Crippen LogP contribution in [0.1, 0.15) is 12.5 Å². The topological polar surface area (TPSA) is 85.9 Å². The predicted molar refractivity (Wildman–Crippen MR) is 67.9 cm³/mol. The Balaban J connectivity index is 2.67. The minimum atomic E-state index is -0.256. The van der Waals surface area contributed by atoms with Crippen molar-refractivity contribution >= 4 is 28.2 Å². The van der Waals surface area contributed by atoms with Gasteiger partial charge in [-0.15, -0.1) is 0 Å². The van der Waals surface area contributed by atoms with Gasteiger partial charge in [0.1, 0.15) is 17.4 Å². The van der Waals surface area contributed by atoms with Gasteiger partial charge in [0, 0.05) is 18.4 Å². The second-order valence-electron chi connectivity index (χ2n) is 3.43. The van der Waals surface area contributed by atoms with E-state index in [9.17, 15) is 4.79 Å². The molecule has 0 radical (unpaired) electrons. The molecule has 0 aliphatic rings. The summed E-state index contributed by atoms with van der Waals surface area (Å²) in [5, 5.41) is 0.403. The van der Waals surface area contributed by atoms with Crippen molar-refractivity contribution in [1.29, 1.82) is 0 Å². The maximum Gasteiger partial charge on any atom is 0.260 e. The summed E-state index contributed by atoms with van der Waals surface area (Å²) in [6.07, 6.45) is 3.03. The molecule has 0 fully saturated rings. The van der Waals surface area contributed by atoms with Crippen molar-refractivity contribution in [3.05, 3.63) is 28.4 Å². The van der Waals surface area contributed by atoms with E-state index in [2.05, 4.69) is 9.97 Å². The van der Waals surface area contributed by atoms with Crippen LogP contribution in [0.3, 0.4) is 0 Å². The quantitative estimate of drug-likeness (QED) is 0.767. The molecule has 17 heavy (non-hydrogen) atoms. The predicted octanol–water partition coefficient (Wildman–Crippen LogP) is 0.353. The molecule has 0 saturated carbocycles. The third-order valence-electron chi connectivity index (χ3n) is 2.36. The fourth-order valence-corrected chi connectivity index (χ4v) is 1.76. The zero-order valence-corrected chi connectivity index (χ0v) is 10.1. The van der Waals surface area contributed by atoms with E-state index in [4.69, 9.17) is 22.7 Å².